The van der Waals surface area contributed by atoms with Crippen LogP contribution in [0.4, 0.5) is 13.2 Å². The SMILES string of the molecule is CCOC(=O)c1ccc(C#Cc2cc3c(cc2OC)SC(C)(C)C=C3OS(=O)(=O)C(F)(F)F)cc1. The van der Waals surface area contributed by atoms with E-state index in [1.165, 1.54) is 31.0 Å². The quantitative estimate of drug-likeness (QED) is 0.225. The van der Waals surface area contributed by atoms with Crippen molar-refractivity contribution in [1.29, 1.82) is 0 Å². The molecule has 0 N–H and O–H groups in total. The van der Waals surface area contributed by atoms with Crippen LogP contribution in [-0.2, 0) is 19.0 Å². The van der Waals surface area contributed by atoms with Gasteiger partial charge in [0.25, 0.3) is 0 Å². The minimum atomic E-state index is -5.87. The highest BCUT2D eigenvalue weighted by Crippen LogP contribution is 2.47. The first-order valence-corrected chi connectivity index (χ1v) is 12.4. The van der Waals surface area contributed by atoms with E-state index in [4.69, 9.17) is 9.47 Å². The number of carbonyl (C=O) groups excluding carboxylic acids is 1. The summed E-state index contributed by atoms with van der Waals surface area (Å²) in [5.74, 6) is 5.23. The third-order valence-electron chi connectivity index (χ3n) is 4.64. The summed E-state index contributed by atoms with van der Waals surface area (Å²) in [5, 5.41) is 0. The van der Waals surface area contributed by atoms with E-state index in [1.54, 1.807) is 51.1 Å². The number of esters is 1. The van der Waals surface area contributed by atoms with E-state index in [0.717, 1.165) is 0 Å². The minimum Gasteiger partial charge on any atom is -0.495 e. The molecule has 0 spiro atoms. The summed E-state index contributed by atoms with van der Waals surface area (Å²) in [6.07, 6.45) is 1.32. The number of ether oxygens (including phenoxy) is 2. The zero-order valence-corrected chi connectivity index (χ0v) is 20.8. The number of thioether (sulfide) groups is 1. The number of rotatable bonds is 5. The average Bonchev–Trinajstić information content (AvgIpc) is 2.76. The van der Waals surface area contributed by atoms with Crippen molar-refractivity contribution in [2.24, 2.45) is 0 Å². The van der Waals surface area contributed by atoms with Crippen molar-refractivity contribution in [1.82, 2.24) is 0 Å². The highest BCUT2D eigenvalue weighted by Gasteiger charge is 2.49. The van der Waals surface area contributed by atoms with Crippen LogP contribution in [0.1, 0.15) is 47.8 Å². The lowest BCUT2D eigenvalue weighted by Gasteiger charge is -2.29. The average molecular weight is 527 g/mol. The van der Waals surface area contributed by atoms with Gasteiger partial charge in [0.2, 0.25) is 0 Å². The van der Waals surface area contributed by atoms with Crippen molar-refractivity contribution >= 4 is 33.6 Å². The molecule has 3 rings (SSSR count). The predicted octanol–water partition coefficient (Wildman–Crippen LogP) is 5.36. The molecule has 0 saturated carbocycles. The van der Waals surface area contributed by atoms with E-state index in [9.17, 15) is 26.4 Å². The molecule has 186 valence electrons. The largest absolute Gasteiger partial charge is 0.534 e. The van der Waals surface area contributed by atoms with Gasteiger partial charge in [-0.2, -0.15) is 21.6 Å². The zero-order valence-electron chi connectivity index (χ0n) is 19.1. The summed E-state index contributed by atoms with van der Waals surface area (Å²) in [7, 11) is -4.45. The van der Waals surface area contributed by atoms with E-state index in [-0.39, 0.29) is 12.2 Å². The molecule has 35 heavy (non-hydrogen) atoms. The molecule has 6 nitrogen and oxygen atoms in total. The molecule has 2 aromatic rings. The van der Waals surface area contributed by atoms with Crippen LogP contribution in [-0.4, -0.2) is 38.4 Å². The van der Waals surface area contributed by atoms with E-state index in [1.807, 2.05) is 0 Å². The number of fused-ring (bicyclic) bond motifs is 1. The second-order valence-corrected chi connectivity index (χ2v) is 11.0. The fourth-order valence-electron chi connectivity index (χ4n) is 3.09. The highest BCUT2D eigenvalue weighted by molar-refractivity contribution is 8.01. The Morgan fingerprint density at radius 2 is 1.77 bits per heavy atom. The summed E-state index contributed by atoms with van der Waals surface area (Å²) >= 11 is 1.31. The molecule has 2 aromatic carbocycles. The summed E-state index contributed by atoms with van der Waals surface area (Å²) in [4.78, 5) is 12.3. The first-order valence-electron chi connectivity index (χ1n) is 10.2. The van der Waals surface area contributed by atoms with Crippen LogP contribution in [0.25, 0.3) is 5.76 Å². The van der Waals surface area contributed by atoms with Gasteiger partial charge in [0, 0.05) is 20.8 Å². The van der Waals surface area contributed by atoms with E-state index in [2.05, 4.69) is 16.0 Å². The van der Waals surface area contributed by atoms with Gasteiger partial charge in [-0.05, 0) is 63.2 Å². The van der Waals surface area contributed by atoms with E-state index >= 15 is 0 Å². The second-order valence-electron chi connectivity index (χ2n) is 7.79. The van der Waals surface area contributed by atoms with Crippen LogP contribution in [0.5, 0.6) is 5.75 Å². The first-order chi connectivity index (χ1) is 16.3. The molecular weight excluding hydrogens is 505 g/mol. The summed E-state index contributed by atoms with van der Waals surface area (Å²) in [6, 6.07) is 9.35. The lowest BCUT2D eigenvalue weighted by Crippen LogP contribution is -2.27. The topological polar surface area (TPSA) is 78.9 Å². The van der Waals surface area contributed by atoms with Crippen LogP contribution >= 0.6 is 11.8 Å². The van der Waals surface area contributed by atoms with Crippen LogP contribution in [0.2, 0.25) is 0 Å². The molecule has 0 amide bonds. The fraction of sp³-hybridized carbons (Fsp3) is 0.292. The first kappa shape index (κ1) is 26.5. The molecular formula is C24H21F3O6S2. The van der Waals surface area contributed by atoms with Crippen LogP contribution in [0.15, 0.2) is 47.4 Å². The molecule has 0 aliphatic carbocycles. The van der Waals surface area contributed by atoms with Crippen LogP contribution in [0.3, 0.4) is 0 Å². The molecule has 0 unspecified atom stereocenters. The molecule has 0 atom stereocenters. The Morgan fingerprint density at radius 1 is 1.11 bits per heavy atom. The molecule has 1 heterocycles. The molecule has 0 fully saturated rings. The van der Waals surface area contributed by atoms with Crippen LogP contribution in [0, 0.1) is 11.8 Å². The normalized spacial score (nSPS) is 14.7. The maximum atomic E-state index is 13.0. The van der Waals surface area contributed by atoms with Crippen LogP contribution < -0.4 is 4.74 Å². The standard InChI is InChI=1S/C24H21F3O6S2/c1-5-32-22(28)16-9-6-15(7-10-16)8-11-17-12-18-20(33-35(29,30)24(25,26)27)14-23(2,3)34-21(18)13-19(17)31-4/h6-7,9-10,12-14H,5H2,1-4H3. The van der Waals surface area contributed by atoms with Gasteiger partial charge in [-0.1, -0.05) is 11.8 Å². The number of benzene rings is 2. The number of carbonyl (C=O) groups is 1. The summed E-state index contributed by atoms with van der Waals surface area (Å²) in [6.45, 7) is 5.38. The van der Waals surface area contributed by atoms with Gasteiger partial charge in [-0.3, -0.25) is 0 Å². The Kier molecular flexibility index (Phi) is 7.48. The third kappa shape index (κ3) is 6.13. The minimum absolute atomic E-state index is 0.143. The molecule has 0 aromatic heterocycles. The highest BCUT2D eigenvalue weighted by atomic mass is 32.2. The molecule has 1 aliphatic rings. The van der Waals surface area contributed by atoms with Crippen molar-refractivity contribution in [3.63, 3.8) is 0 Å². The van der Waals surface area contributed by atoms with E-state index in [0.29, 0.717) is 27.3 Å². The van der Waals surface area contributed by atoms with Gasteiger partial charge in [-0.25, -0.2) is 4.79 Å². The number of methoxy groups -OCH3 is 1. The number of hydrogen-bond acceptors (Lipinski definition) is 7. The molecule has 0 radical (unpaired) electrons. The Balaban J connectivity index is 2.02. The maximum Gasteiger partial charge on any atom is 0.534 e. The van der Waals surface area contributed by atoms with Gasteiger partial charge in [-0.15, -0.1) is 11.8 Å². The summed E-state index contributed by atoms with van der Waals surface area (Å²) < 4.78 is 76.4. The van der Waals surface area contributed by atoms with E-state index < -0.39 is 32.1 Å². The predicted molar refractivity (Wildman–Crippen MR) is 125 cm³/mol. The Labute approximate surface area is 205 Å². The number of hydrogen-bond donors (Lipinski definition) is 0. The van der Waals surface area contributed by atoms with Gasteiger partial charge in [0.1, 0.15) is 11.5 Å². The van der Waals surface area contributed by atoms with Gasteiger partial charge in [0.05, 0.1) is 24.8 Å². The maximum absolute atomic E-state index is 13.0. The number of alkyl halides is 3. The van der Waals surface area contributed by atoms with Crippen molar-refractivity contribution in [2.75, 3.05) is 13.7 Å². The van der Waals surface area contributed by atoms with Crippen molar-refractivity contribution in [2.45, 2.75) is 35.9 Å². The lowest BCUT2D eigenvalue weighted by molar-refractivity contribution is -0.0509. The van der Waals surface area contributed by atoms with Crippen molar-refractivity contribution < 1.29 is 40.0 Å². The monoisotopic (exact) mass is 526 g/mol. The van der Waals surface area contributed by atoms with Crippen molar-refractivity contribution in [3.8, 4) is 17.6 Å². The fourth-order valence-corrected chi connectivity index (χ4v) is 4.73. The second kappa shape index (κ2) is 9.87. The Hall–Kier alpha value is -3.10. The number of halogens is 3. The zero-order chi connectivity index (χ0) is 26.0. The van der Waals surface area contributed by atoms with Gasteiger partial charge >= 0.3 is 21.6 Å². The Bertz CT molecular complexity index is 1330. The van der Waals surface area contributed by atoms with Gasteiger partial charge in [0.15, 0.2) is 0 Å². The molecule has 1 aliphatic heterocycles. The molecule has 0 saturated heterocycles. The Morgan fingerprint density at radius 3 is 2.34 bits per heavy atom. The third-order valence-corrected chi connectivity index (χ3v) is 6.81. The summed E-state index contributed by atoms with van der Waals surface area (Å²) in [5.41, 5.74) is -4.21. The lowest BCUT2D eigenvalue weighted by atomic mass is 10.0. The van der Waals surface area contributed by atoms with Crippen molar-refractivity contribution in [3.05, 3.63) is 64.7 Å². The smallest absolute Gasteiger partial charge is 0.495 e. The van der Waals surface area contributed by atoms with Gasteiger partial charge < -0.3 is 13.7 Å². The molecule has 11 heteroatoms. The molecule has 0 bridgehead atoms.